The van der Waals surface area contributed by atoms with E-state index >= 15 is 0 Å². The van der Waals surface area contributed by atoms with Gasteiger partial charge in [0.1, 0.15) is 17.2 Å². The van der Waals surface area contributed by atoms with Crippen molar-refractivity contribution in [2.45, 2.75) is 13.0 Å². The van der Waals surface area contributed by atoms with Crippen LogP contribution in [0, 0.1) is 0 Å². The molecule has 218 valence electrons. The summed E-state index contributed by atoms with van der Waals surface area (Å²) in [5.41, 5.74) is 8.59. The van der Waals surface area contributed by atoms with Crippen LogP contribution in [0.3, 0.4) is 0 Å². The van der Waals surface area contributed by atoms with Crippen molar-refractivity contribution >= 4 is 28.6 Å². The highest BCUT2D eigenvalue weighted by Gasteiger charge is 2.26. The fourth-order valence-electron chi connectivity index (χ4n) is 5.16. The van der Waals surface area contributed by atoms with Gasteiger partial charge in [0.05, 0.1) is 43.0 Å². The number of carbonyl (C=O) groups excluding carboxylic acids is 1. The lowest BCUT2D eigenvalue weighted by atomic mass is 10.0. The second-order valence-electron chi connectivity index (χ2n) is 9.99. The Morgan fingerprint density at radius 3 is 2.60 bits per heavy atom. The third-order valence-corrected chi connectivity index (χ3v) is 7.27. The van der Waals surface area contributed by atoms with Crippen molar-refractivity contribution < 1.29 is 14.3 Å². The number of hydrogen-bond donors (Lipinski definition) is 2. The maximum Gasteiger partial charge on any atom is 0.266 e. The monoisotopic (exact) mass is 578 g/mol. The van der Waals surface area contributed by atoms with Crippen LogP contribution in [0.4, 0.5) is 11.8 Å². The molecule has 1 aliphatic rings. The van der Waals surface area contributed by atoms with Crippen molar-refractivity contribution in [1.82, 2.24) is 29.4 Å². The van der Waals surface area contributed by atoms with Crippen molar-refractivity contribution in [2.75, 3.05) is 44.5 Å². The van der Waals surface area contributed by atoms with E-state index in [2.05, 4.69) is 20.3 Å². The zero-order valence-corrected chi connectivity index (χ0v) is 23.7. The molecule has 5 aromatic rings. The molecule has 0 bridgehead atoms. The standard InChI is InChI=1S/C31H30N8O4/c1-19(35-27-23(18-34-31(32)37-27)29(40)38-13-15-43-16-14-38)28-36-24-10-6-9-22(20-11-12-33-25(17-20)42-2)26(24)30(41)39(28)21-7-4-3-5-8-21/h3-12,17-19H,13-16H2,1-2H3,(H3,32,34,35,37)/t19-/m1/s1. The number of anilines is 2. The van der Waals surface area contributed by atoms with Gasteiger partial charge in [0.25, 0.3) is 11.5 Å². The molecule has 0 unspecified atom stereocenters. The fraction of sp³-hybridized carbons (Fsp3) is 0.226. The second-order valence-corrected chi connectivity index (χ2v) is 9.99. The summed E-state index contributed by atoms with van der Waals surface area (Å²) in [4.78, 5) is 47.1. The number of hydrogen-bond acceptors (Lipinski definition) is 10. The van der Waals surface area contributed by atoms with Crippen LogP contribution in [0.5, 0.6) is 5.88 Å². The molecule has 43 heavy (non-hydrogen) atoms. The van der Waals surface area contributed by atoms with Gasteiger partial charge >= 0.3 is 0 Å². The molecule has 0 saturated carbocycles. The highest BCUT2D eigenvalue weighted by atomic mass is 16.5. The number of aromatic nitrogens is 5. The van der Waals surface area contributed by atoms with Gasteiger partial charge in [0.2, 0.25) is 11.8 Å². The maximum absolute atomic E-state index is 14.4. The number of pyridine rings is 1. The van der Waals surface area contributed by atoms with E-state index in [1.165, 1.54) is 6.20 Å². The quantitative estimate of drug-likeness (QED) is 0.294. The summed E-state index contributed by atoms with van der Waals surface area (Å²) < 4.78 is 12.3. The third kappa shape index (κ3) is 5.47. The first-order valence-electron chi connectivity index (χ1n) is 13.8. The number of para-hydroxylation sites is 1. The SMILES string of the molecule is COc1cc(-c2cccc3nc([C@@H](C)Nc4nc(N)ncc4C(=O)N4CCOCC4)n(-c4ccccc4)c(=O)c23)ccn1. The van der Waals surface area contributed by atoms with Gasteiger partial charge in [0, 0.05) is 31.5 Å². The first kappa shape index (κ1) is 27.8. The Labute approximate surface area is 247 Å². The summed E-state index contributed by atoms with van der Waals surface area (Å²) in [6.07, 6.45) is 3.06. The molecule has 3 N–H and O–H groups in total. The number of carbonyl (C=O) groups is 1. The van der Waals surface area contributed by atoms with Crippen molar-refractivity contribution in [3.63, 3.8) is 0 Å². The van der Waals surface area contributed by atoms with Crippen LogP contribution in [-0.4, -0.2) is 68.7 Å². The number of nitrogens with zero attached hydrogens (tertiary/aromatic N) is 6. The highest BCUT2D eigenvalue weighted by molar-refractivity contribution is 5.99. The van der Waals surface area contributed by atoms with Gasteiger partial charge in [-0.05, 0) is 42.3 Å². The zero-order chi connectivity index (χ0) is 29.9. The van der Waals surface area contributed by atoms with Gasteiger partial charge in [-0.15, -0.1) is 0 Å². The topological polar surface area (TPSA) is 150 Å². The number of fused-ring (bicyclic) bond motifs is 1. The molecule has 12 nitrogen and oxygen atoms in total. The van der Waals surface area contributed by atoms with E-state index in [0.29, 0.717) is 60.2 Å². The van der Waals surface area contributed by atoms with Crippen molar-refractivity contribution in [2.24, 2.45) is 0 Å². The predicted octanol–water partition coefficient (Wildman–Crippen LogP) is 3.47. The van der Waals surface area contributed by atoms with E-state index in [1.807, 2.05) is 55.5 Å². The number of benzene rings is 2. The Morgan fingerprint density at radius 2 is 1.84 bits per heavy atom. The maximum atomic E-state index is 14.4. The average Bonchev–Trinajstić information content (AvgIpc) is 3.05. The third-order valence-electron chi connectivity index (χ3n) is 7.27. The van der Waals surface area contributed by atoms with E-state index in [9.17, 15) is 9.59 Å². The lowest BCUT2D eigenvalue weighted by molar-refractivity contribution is 0.0303. The van der Waals surface area contributed by atoms with Gasteiger partial charge in [-0.2, -0.15) is 4.98 Å². The molecular weight excluding hydrogens is 548 g/mol. The van der Waals surface area contributed by atoms with E-state index in [-0.39, 0.29) is 28.8 Å². The molecule has 3 aromatic heterocycles. The van der Waals surface area contributed by atoms with Gasteiger partial charge in [-0.25, -0.2) is 15.0 Å². The lowest BCUT2D eigenvalue weighted by Crippen LogP contribution is -2.41. The van der Waals surface area contributed by atoms with Gasteiger partial charge in [-0.1, -0.05) is 30.3 Å². The fourth-order valence-corrected chi connectivity index (χ4v) is 5.16. The predicted molar refractivity (Wildman–Crippen MR) is 162 cm³/mol. The van der Waals surface area contributed by atoms with Crippen LogP contribution >= 0.6 is 0 Å². The minimum atomic E-state index is -0.576. The molecule has 12 heteroatoms. The first-order valence-corrected chi connectivity index (χ1v) is 13.8. The second kappa shape index (κ2) is 11.9. The van der Waals surface area contributed by atoms with Gasteiger partial charge in [-0.3, -0.25) is 14.2 Å². The minimum Gasteiger partial charge on any atom is -0.481 e. The summed E-state index contributed by atoms with van der Waals surface area (Å²) >= 11 is 0. The van der Waals surface area contributed by atoms with Crippen LogP contribution < -0.4 is 21.3 Å². The molecule has 1 atom stereocenters. The minimum absolute atomic E-state index is 0.0116. The number of morpholine rings is 1. The van der Waals surface area contributed by atoms with Crippen LogP contribution in [-0.2, 0) is 4.74 Å². The summed E-state index contributed by atoms with van der Waals surface area (Å²) in [6, 6.07) is 17.9. The molecule has 0 aliphatic carbocycles. The summed E-state index contributed by atoms with van der Waals surface area (Å²) in [5.74, 6) is 0.893. The van der Waals surface area contributed by atoms with Crippen LogP contribution in [0.2, 0.25) is 0 Å². The number of ether oxygens (including phenoxy) is 2. The number of amides is 1. The molecule has 0 radical (unpaired) electrons. The highest BCUT2D eigenvalue weighted by Crippen LogP contribution is 2.30. The van der Waals surface area contributed by atoms with Crippen LogP contribution in [0.1, 0.15) is 29.1 Å². The van der Waals surface area contributed by atoms with Gasteiger partial charge in [0.15, 0.2) is 0 Å². The first-order chi connectivity index (χ1) is 20.9. The molecule has 2 aromatic carbocycles. The Bertz CT molecular complexity index is 1860. The molecule has 1 amide bonds. The average molecular weight is 579 g/mol. The Hall–Kier alpha value is -5.36. The molecule has 1 aliphatic heterocycles. The van der Waals surface area contributed by atoms with E-state index < -0.39 is 6.04 Å². The molecule has 1 fully saturated rings. The van der Waals surface area contributed by atoms with Crippen molar-refractivity contribution in [1.29, 1.82) is 0 Å². The molecule has 6 rings (SSSR count). The molecular formula is C31H30N8O4. The summed E-state index contributed by atoms with van der Waals surface area (Å²) in [5, 5.41) is 3.74. The normalized spacial score (nSPS) is 14.0. The van der Waals surface area contributed by atoms with E-state index in [1.54, 1.807) is 34.9 Å². The van der Waals surface area contributed by atoms with E-state index in [4.69, 9.17) is 20.2 Å². The van der Waals surface area contributed by atoms with Crippen molar-refractivity contribution in [3.05, 3.63) is 94.8 Å². The molecule has 4 heterocycles. The van der Waals surface area contributed by atoms with Crippen LogP contribution in [0.15, 0.2) is 77.9 Å². The Balaban J connectivity index is 1.48. The van der Waals surface area contributed by atoms with E-state index in [0.717, 1.165) is 5.56 Å². The Morgan fingerprint density at radius 1 is 1.05 bits per heavy atom. The van der Waals surface area contributed by atoms with Crippen LogP contribution in [0.25, 0.3) is 27.7 Å². The number of rotatable bonds is 7. The van der Waals surface area contributed by atoms with Crippen molar-refractivity contribution in [3.8, 4) is 22.7 Å². The largest absolute Gasteiger partial charge is 0.481 e. The lowest BCUT2D eigenvalue weighted by Gasteiger charge is -2.28. The molecule has 1 saturated heterocycles. The van der Waals surface area contributed by atoms with Gasteiger partial charge < -0.3 is 25.4 Å². The number of nitrogens with two attached hydrogens (primary N) is 1. The summed E-state index contributed by atoms with van der Waals surface area (Å²) in [7, 11) is 1.55. The number of nitrogens with one attached hydrogen (secondary N) is 1. The zero-order valence-electron chi connectivity index (χ0n) is 23.7. The molecule has 0 spiro atoms. The smallest absolute Gasteiger partial charge is 0.266 e. The Kier molecular flexibility index (Phi) is 7.67. The summed E-state index contributed by atoms with van der Waals surface area (Å²) in [6.45, 7) is 3.69. The number of nitrogen functional groups attached to an aromatic ring is 1. The number of methoxy groups -OCH3 is 1.